The maximum absolute atomic E-state index is 13.4. The van der Waals surface area contributed by atoms with Crippen molar-refractivity contribution in [2.45, 2.75) is 19.4 Å². The summed E-state index contributed by atoms with van der Waals surface area (Å²) in [6.07, 6.45) is 0.00214. The van der Waals surface area contributed by atoms with Gasteiger partial charge in [0.25, 0.3) is 5.91 Å². The third kappa shape index (κ3) is 4.86. The van der Waals surface area contributed by atoms with Crippen LogP contribution in [0.1, 0.15) is 18.9 Å². The van der Waals surface area contributed by atoms with E-state index in [1.54, 1.807) is 6.92 Å². The van der Waals surface area contributed by atoms with Gasteiger partial charge < -0.3 is 14.5 Å². The summed E-state index contributed by atoms with van der Waals surface area (Å²) < 4.78 is 5.02. The second-order valence-corrected chi connectivity index (χ2v) is 9.50. The molecule has 0 saturated carbocycles. The lowest BCUT2D eigenvalue weighted by Gasteiger charge is -2.36. The van der Waals surface area contributed by atoms with E-state index in [0.29, 0.717) is 29.8 Å². The van der Waals surface area contributed by atoms with Crippen molar-refractivity contribution in [1.82, 2.24) is 9.80 Å². The zero-order valence-electron chi connectivity index (χ0n) is 20.0. The molecule has 0 N–H and O–H groups in total. The normalized spacial score (nSPS) is 18.9. The summed E-state index contributed by atoms with van der Waals surface area (Å²) in [5, 5.41) is 0.372. The molecular weight excluding hydrogens is 478 g/mol. The van der Waals surface area contributed by atoms with E-state index < -0.39 is 6.04 Å². The SMILES string of the molecule is CCOC(=O)CSC1=Nc2ccccc2C2=NC(CC(=O)N3CCN(c4ccccc4)CC3)C(=O)N12. The summed E-state index contributed by atoms with van der Waals surface area (Å²) in [7, 11) is 0. The number of carbonyl (C=O) groups is 3. The molecule has 186 valence electrons. The minimum Gasteiger partial charge on any atom is -0.465 e. The summed E-state index contributed by atoms with van der Waals surface area (Å²) in [5.41, 5.74) is 2.55. The van der Waals surface area contributed by atoms with Crippen LogP contribution in [-0.4, -0.2) is 83.2 Å². The van der Waals surface area contributed by atoms with Crippen molar-refractivity contribution in [2.24, 2.45) is 9.98 Å². The average Bonchev–Trinajstić information content (AvgIpc) is 3.24. The van der Waals surface area contributed by atoms with Gasteiger partial charge in [-0.2, -0.15) is 0 Å². The summed E-state index contributed by atoms with van der Waals surface area (Å²) in [6.45, 7) is 4.70. The molecule has 10 heteroatoms. The maximum atomic E-state index is 13.4. The summed E-state index contributed by atoms with van der Waals surface area (Å²) in [4.78, 5) is 53.2. The van der Waals surface area contributed by atoms with Crippen molar-refractivity contribution in [3.63, 3.8) is 0 Å². The number of hydrogen-bond acceptors (Lipinski definition) is 8. The smallest absolute Gasteiger partial charge is 0.316 e. The van der Waals surface area contributed by atoms with Crippen molar-refractivity contribution in [2.75, 3.05) is 43.4 Å². The first-order chi connectivity index (χ1) is 17.5. The largest absolute Gasteiger partial charge is 0.465 e. The van der Waals surface area contributed by atoms with Crippen LogP contribution in [0.2, 0.25) is 0 Å². The van der Waals surface area contributed by atoms with Crippen molar-refractivity contribution < 1.29 is 19.1 Å². The lowest BCUT2D eigenvalue weighted by atomic mass is 10.1. The Kier molecular flexibility index (Phi) is 7.04. The van der Waals surface area contributed by atoms with Crippen LogP contribution in [0.3, 0.4) is 0 Å². The van der Waals surface area contributed by atoms with Gasteiger partial charge in [-0.25, -0.2) is 9.89 Å². The number of amides is 2. The van der Waals surface area contributed by atoms with E-state index in [9.17, 15) is 14.4 Å². The summed E-state index contributed by atoms with van der Waals surface area (Å²) >= 11 is 1.14. The molecule has 3 aliphatic heterocycles. The van der Waals surface area contributed by atoms with Gasteiger partial charge in [0.2, 0.25) is 5.91 Å². The van der Waals surface area contributed by atoms with Gasteiger partial charge in [-0.15, -0.1) is 0 Å². The van der Waals surface area contributed by atoms with Gasteiger partial charge in [-0.05, 0) is 31.2 Å². The highest BCUT2D eigenvalue weighted by Crippen LogP contribution is 2.34. The first kappa shape index (κ1) is 24.1. The Hall–Kier alpha value is -3.66. The number of piperazine rings is 1. The molecule has 2 amide bonds. The van der Waals surface area contributed by atoms with Crippen LogP contribution in [0.15, 0.2) is 64.6 Å². The predicted octanol–water partition coefficient (Wildman–Crippen LogP) is 2.68. The number of anilines is 1. The number of amidine groups is 2. The molecule has 1 saturated heterocycles. The molecule has 0 bridgehead atoms. The topological polar surface area (TPSA) is 94.9 Å². The van der Waals surface area contributed by atoms with Crippen LogP contribution >= 0.6 is 11.8 Å². The van der Waals surface area contributed by atoms with Crippen molar-refractivity contribution in [1.29, 1.82) is 0 Å². The Bertz CT molecular complexity index is 1220. The van der Waals surface area contributed by atoms with Crippen LogP contribution < -0.4 is 4.90 Å². The highest BCUT2D eigenvalue weighted by molar-refractivity contribution is 8.14. The minimum atomic E-state index is -0.820. The molecule has 2 aromatic rings. The number of para-hydroxylation sites is 2. The molecule has 0 aromatic heterocycles. The van der Waals surface area contributed by atoms with E-state index in [0.717, 1.165) is 36.1 Å². The van der Waals surface area contributed by atoms with Gasteiger partial charge in [0.15, 0.2) is 5.17 Å². The monoisotopic (exact) mass is 505 g/mol. The van der Waals surface area contributed by atoms with E-state index in [2.05, 4.69) is 27.0 Å². The number of benzene rings is 2. The van der Waals surface area contributed by atoms with Gasteiger partial charge in [0, 0.05) is 37.4 Å². The van der Waals surface area contributed by atoms with E-state index in [1.807, 2.05) is 47.4 Å². The standard InChI is InChI=1S/C26H27N5O4S/c1-2-35-23(33)17-36-26-28-20-11-7-6-10-19(20)24-27-21(25(34)31(24)26)16-22(32)30-14-12-29(13-15-30)18-8-4-3-5-9-18/h3-11,21H,2,12-17H2,1H3. The lowest BCUT2D eigenvalue weighted by Crippen LogP contribution is -2.49. The van der Waals surface area contributed by atoms with Crippen molar-refractivity contribution in [3.8, 4) is 0 Å². The number of carbonyl (C=O) groups excluding carboxylic acids is 3. The second kappa shape index (κ2) is 10.5. The molecule has 0 spiro atoms. The molecule has 0 radical (unpaired) electrons. The predicted molar refractivity (Wildman–Crippen MR) is 140 cm³/mol. The number of nitrogens with zero attached hydrogens (tertiary/aromatic N) is 5. The molecule has 0 aliphatic carbocycles. The number of fused-ring (bicyclic) bond motifs is 3. The van der Waals surface area contributed by atoms with Crippen molar-refractivity contribution >= 4 is 51.9 Å². The van der Waals surface area contributed by atoms with Crippen LogP contribution in [0.25, 0.3) is 0 Å². The first-order valence-corrected chi connectivity index (χ1v) is 13.0. The van der Waals surface area contributed by atoms with Crippen molar-refractivity contribution in [3.05, 3.63) is 60.2 Å². The number of esters is 1. The fourth-order valence-electron chi connectivity index (χ4n) is 4.51. The molecule has 3 heterocycles. The number of aliphatic imine (C=N–C) groups is 2. The molecule has 5 rings (SSSR count). The van der Waals surface area contributed by atoms with Crippen LogP contribution in [0, 0.1) is 0 Å². The summed E-state index contributed by atoms with van der Waals surface area (Å²) in [6, 6.07) is 16.7. The summed E-state index contributed by atoms with van der Waals surface area (Å²) in [5.74, 6) is -0.261. The van der Waals surface area contributed by atoms with Crippen LogP contribution in [-0.2, 0) is 19.1 Å². The number of rotatable bonds is 6. The highest BCUT2D eigenvalue weighted by Gasteiger charge is 2.42. The molecule has 2 aromatic carbocycles. The fourth-order valence-corrected chi connectivity index (χ4v) is 5.30. The van der Waals surface area contributed by atoms with Gasteiger partial charge in [0.05, 0.1) is 24.5 Å². The second-order valence-electron chi connectivity index (χ2n) is 8.55. The van der Waals surface area contributed by atoms with E-state index in [-0.39, 0.29) is 36.6 Å². The fraction of sp³-hybridized carbons (Fsp3) is 0.346. The number of ether oxygens (including phenoxy) is 1. The number of hydrogen-bond donors (Lipinski definition) is 0. The molecule has 36 heavy (non-hydrogen) atoms. The third-order valence-electron chi connectivity index (χ3n) is 6.29. The Balaban J connectivity index is 1.28. The van der Waals surface area contributed by atoms with Crippen LogP contribution in [0.5, 0.6) is 0 Å². The molecule has 3 aliphatic rings. The third-order valence-corrected chi connectivity index (χ3v) is 7.21. The van der Waals surface area contributed by atoms with Gasteiger partial charge >= 0.3 is 5.97 Å². The van der Waals surface area contributed by atoms with E-state index in [4.69, 9.17) is 4.74 Å². The van der Waals surface area contributed by atoms with E-state index in [1.165, 1.54) is 4.90 Å². The maximum Gasteiger partial charge on any atom is 0.316 e. The van der Waals surface area contributed by atoms with Gasteiger partial charge in [-0.3, -0.25) is 19.4 Å². The van der Waals surface area contributed by atoms with Crippen LogP contribution in [0.4, 0.5) is 11.4 Å². The Morgan fingerprint density at radius 2 is 1.75 bits per heavy atom. The van der Waals surface area contributed by atoms with Gasteiger partial charge in [0.1, 0.15) is 11.9 Å². The first-order valence-electron chi connectivity index (χ1n) is 12.0. The zero-order valence-corrected chi connectivity index (χ0v) is 20.8. The zero-order chi connectivity index (χ0) is 25.1. The highest BCUT2D eigenvalue weighted by atomic mass is 32.2. The quantitative estimate of drug-likeness (QED) is 0.561. The molecule has 1 atom stereocenters. The average molecular weight is 506 g/mol. The Morgan fingerprint density at radius 3 is 2.50 bits per heavy atom. The minimum absolute atomic E-state index is 0.00214. The molecule has 9 nitrogen and oxygen atoms in total. The van der Waals surface area contributed by atoms with Gasteiger partial charge in [-0.1, -0.05) is 42.1 Å². The Morgan fingerprint density at radius 1 is 1.03 bits per heavy atom. The molecule has 1 fully saturated rings. The lowest BCUT2D eigenvalue weighted by molar-refractivity contribution is -0.139. The van der Waals surface area contributed by atoms with E-state index >= 15 is 0 Å². The molecular formula is C26H27N5O4S. The molecule has 1 unspecified atom stereocenters. The number of thioether (sulfide) groups is 1. The Labute approximate surface area is 213 Å².